The normalized spacial score (nSPS) is 31.8. The van der Waals surface area contributed by atoms with Crippen molar-refractivity contribution in [1.29, 1.82) is 0 Å². The summed E-state index contributed by atoms with van der Waals surface area (Å²) in [5.41, 5.74) is 0.407. The predicted octanol–water partition coefficient (Wildman–Crippen LogP) is 3.28. The highest BCUT2D eigenvalue weighted by atomic mass is 15.2. The molecular weight excluding hydrogens is 220 g/mol. The van der Waals surface area contributed by atoms with Gasteiger partial charge >= 0.3 is 0 Å². The first-order valence-corrected chi connectivity index (χ1v) is 8.00. The Kier molecular flexibility index (Phi) is 4.71. The van der Waals surface area contributed by atoms with Crippen LogP contribution in [0.25, 0.3) is 0 Å². The first-order valence-electron chi connectivity index (χ1n) is 8.00. The summed E-state index contributed by atoms with van der Waals surface area (Å²) in [5, 5.41) is 3.77. The van der Waals surface area contributed by atoms with Crippen LogP contribution in [0.4, 0.5) is 0 Å². The summed E-state index contributed by atoms with van der Waals surface area (Å²) in [7, 11) is 0. The minimum absolute atomic E-state index is 0.407. The van der Waals surface area contributed by atoms with E-state index in [1.54, 1.807) is 0 Å². The van der Waals surface area contributed by atoms with Gasteiger partial charge in [-0.25, -0.2) is 0 Å². The molecule has 2 fully saturated rings. The Balaban J connectivity index is 1.77. The van der Waals surface area contributed by atoms with Crippen molar-refractivity contribution in [1.82, 2.24) is 10.2 Å². The second-order valence-corrected chi connectivity index (χ2v) is 7.26. The van der Waals surface area contributed by atoms with Crippen molar-refractivity contribution < 1.29 is 0 Å². The van der Waals surface area contributed by atoms with Crippen molar-refractivity contribution in [3.05, 3.63) is 0 Å². The number of hydrogen-bond donors (Lipinski definition) is 1. The van der Waals surface area contributed by atoms with E-state index in [1.807, 2.05) is 0 Å². The van der Waals surface area contributed by atoms with E-state index in [9.17, 15) is 0 Å². The van der Waals surface area contributed by atoms with Crippen LogP contribution in [-0.4, -0.2) is 36.1 Å². The van der Waals surface area contributed by atoms with Crippen LogP contribution < -0.4 is 5.32 Å². The maximum Gasteiger partial charge on any atom is 0.0309 e. The minimum Gasteiger partial charge on any atom is -0.309 e. The van der Waals surface area contributed by atoms with Crippen LogP contribution in [0.2, 0.25) is 0 Å². The smallest absolute Gasteiger partial charge is 0.0309 e. The molecule has 0 spiro atoms. The van der Waals surface area contributed by atoms with Crippen LogP contribution in [-0.2, 0) is 0 Å². The first-order chi connectivity index (χ1) is 8.51. The Bertz CT molecular complexity index is 260. The predicted molar refractivity (Wildman–Crippen MR) is 78.9 cm³/mol. The van der Waals surface area contributed by atoms with Crippen LogP contribution in [0.1, 0.15) is 59.8 Å². The molecular formula is C16H32N2. The average molecular weight is 252 g/mol. The summed E-state index contributed by atoms with van der Waals surface area (Å²) in [5.74, 6) is 1.81. The fourth-order valence-corrected chi connectivity index (χ4v) is 3.42. The molecule has 1 aliphatic carbocycles. The molecule has 0 bridgehead atoms. The maximum absolute atomic E-state index is 3.77. The van der Waals surface area contributed by atoms with Gasteiger partial charge < -0.3 is 5.32 Å². The van der Waals surface area contributed by atoms with E-state index in [-0.39, 0.29) is 0 Å². The zero-order valence-corrected chi connectivity index (χ0v) is 12.8. The third-order valence-corrected chi connectivity index (χ3v) is 4.96. The van der Waals surface area contributed by atoms with Gasteiger partial charge in [0, 0.05) is 31.2 Å². The summed E-state index contributed by atoms with van der Waals surface area (Å²) in [4.78, 5) is 2.73. The highest BCUT2D eigenvalue weighted by molar-refractivity contribution is 5.02. The second-order valence-electron chi connectivity index (χ2n) is 7.26. The molecule has 2 atom stereocenters. The van der Waals surface area contributed by atoms with Crippen LogP contribution >= 0.6 is 0 Å². The Morgan fingerprint density at radius 2 is 1.94 bits per heavy atom. The molecule has 0 radical (unpaired) electrons. The quantitative estimate of drug-likeness (QED) is 0.780. The molecule has 18 heavy (non-hydrogen) atoms. The van der Waals surface area contributed by atoms with Gasteiger partial charge in [0.2, 0.25) is 0 Å². The van der Waals surface area contributed by atoms with Crippen molar-refractivity contribution in [3.63, 3.8) is 0 Å². The fraction of sp³-hybridized carbons (Fsp3) is 1.00. The monoisotopic (exact) mass is 252 g/mol. The number of piperazine rings is 1. The number of rotatable bonds is 6. The van der Waals surface area contributed by atoms with Crippen molar-refractivity contribution >= 4 is 0 Å². The van der Waals surface area contributed by atoms with E-state index in [0.717, 1.165) is 17.9 Å². The molecule has 0 aromatic rings. The number of nitrogens with zero attached hydrogens (tertiary/aromatic N) is 1. The Morgan fingerprint density at radius 3 is 2.56 bits per heavy atom. The number of nitrogens with one attached hydrogen (secondary N) is 1. The molecule has 106 valence electrons. The van der Waals surface area contributed by atoms with Gasteiger partial charge in [-0.15, -0.1) is 0 Å². The van der Waals surface area contributed by atoms with Gasteiger partial charge in [0.15, 0.2) is 0 Å². The molecule has 2 rings (SSSR count). The van der Waals surface area contributed by atoms with Crippen LogP contribution in [0.5, 0.6) is 0 Å². The maximum atomic E-state index is 3.77. The first kappa shape index (κ1) is 14.3. The van der Waals surface area contributed by atoms with Gasteiger partial charge in [0.05, 0.1) is 0 Å². The van der Waals surface area contributed by atoms with E-state index in [0.29, 0.717) is 5.54 Å². The largest absolute Gasteiger partial charge is 0.309 e. The summed E-state index contributed by atoms with van der Waals surface area (Å²) < 4.78 is 0. The van der Waals surface area contributed by atoms with Crippen molar-refractivity contribution in [2.75, 3.05) is 19.6 Å². The Morgan fingerprint density at radius 1 is 1.22 bits per heavy atom. The van der Waals surface area contributed by atoms with E-state index < -0.39 is 0 Å². The van der Waals surface area contributed by atoms with Gasteiger partial charge in [0.25, 0.3) is 0 Å². The lowest BCUT2D eigenvalue weighted by Crippen LogP contribution is -2.61. The average Bonchev–Trinajstić information content (AvgIpc) is 3.12. The molecule has 1 aliphatic heterocycles. The van der Waals surface area contributed by atoms with Crippen molar-refractivity contribution in [2.24, 2.45) is 11.8 Å². The summed E-state index contributed by atoms with van der Waals surface area (Å²) >= 11 is 0. The lowest BCUT2D eigenvalue weighted by Gasteiger charge is -2.44. The van der Waals surface area contributed by atoms with Crippen molar-refractivity contribution in [3.8, 4) is 0 Å². The number of hydrogen-bond acceptors (Lipinski definition) is 2. The Labute approximate surface area is 114 Å². The topological polar surface area (TPSA) is 15.3 Å². The summed E-state index contributed by atoms with van der Waals surface area (Å²) in [6.07, 6.45) is 7.04. The van der Waals surface area contributed by atoms with Crippen LogP contribution in [0, 0.1) is 11.8 Å². The van der Waals surface area contributed by atoms with E-state index in [4.69, 9.17) is 0 Å². The third kappa shape index (κ3) is 3.71. The molecule has 1 saturated heterocycles. The fourth-order valence-electron chi connectivity index (χ4n) is 3.42. The lowest BCUT2D eigenvalue weighted by atomic mass is 9.91. The van der Waals surface area contributed by atoms with Gasteiger partial charge in [-0.2, -0.15) is 0 Å². The van der Waals surface area contributed by atoms with Gasteiger partial charge in [-0.3, -0.25) is 4.90 Å². The minimum atomic E-state index is 0.407. The zero-order chi connectivity index (χ0) is 13.2. The highest BCUT2D eigenvalue weighted by Gasteiger charge is 2.44. The molecule has 2 aliphatic rings. The van der Waals surface area contributed by atoms with Gasteiger partial charge in [0.1, 0.15) is 0 Å². The standard InChI is InChI=1S/C16H32N2/c1-13(2)6-5-7-14(3)18-11-10-17-16(4,12-18)15-8-9-15/h13-15,17H,5-12H2,1-4H3. The third-order valence-electron chi connectivity index (χ3n) is 4.96. The van der Waals surface area contributed by atoms with E-state index in [2.05, 4.69) is 37.9 Å². The van der Waals surface area contributed by atoms with Crippen molar-refractivity contribution in [2.45, 2.75) is 71.4 Å². The van der Waals surface area contributed by atoms with Gasteiger partial charge in [-0.1, -0.05) is 26.7 Å². The van der Waals surface area contributed by atoms with E-state index >= 15 is 0 Å². The zero-order valence-electron chi connectivity index (χ0n) is 12.8. The van der Waals surface area contributed by atoms with E-state index in [1.165, 1.54) is 51.7 Å². The molecule has 0 aromatic carbocycles. The van der Waals surface area contributed by atoms with Crippen LogP contribution in [0.15, 0.2) is 0 Å². The SMILES string of the molecule is CC(C)CCCC(C)N1CCNC(C)(C2CC2)C1. The highest BCUT2D eigenvalue weighted by Crippen LogP contribution is 2.41. The molecule has 1 N–H and O–H groups in total. The molecule has 2 unspecified atom stereocenters. The summed E-state index contributed by atoms with van der Waals surface area (Å²) in [6, 6.07) is 0.768. The lowest BCUT2D eigenvalue weighted by molar-refractivity contribution is 0.0895. The van der Waals surface area contributed by atoms with Gasteiger partial charge in [-0.05, 0) is 44.9 Å². The second kappa shape index (κ2) is 5.92. The molecule has 2 nitrogen and oxygen atoms in total. The summed E-state index contributed by atoms with van der Waals surface area (Å²) in [6.45, 7) is 13.2. The molecule has 1 heterocycles. The van der Waals surface area contributed by atoms with Crippen LogP contribution in [0.3, 0.4) is 0 Å². The molecule has 2 heteroatoms. The molecule has 1 saturated carbocycles. The molecule has 0 amide bonds. The Hall–Kier alpha value is -0.0800. The molecule has 0 aromatic heterocycles.